The van der Waals surface area contributed by atoms with Gasteiger partial charge < -0.3 is 14.4 Å². The summed E-state index contributed by atoms with van der Waals surface area (Å²) < 4.78 is 6.74. The van der Waals surface area contributed by atoms with Crippen LogP contribution < -0.4 is 10.3 Å². The summed E-state index contributed by atoms with van der Waals surface area (Å²) in [7, 11) is 1.56. The predicted octanol–water partition coefficient (Wildman–Crippen LogP) is 0.998. The highest BCUT2D eigenvalue weighted by atomic mass is 16.5. The van der Waals surface area contributed by atoms with Crippen molar-refractivity contribution in [1.29, 1.82) is 0 Å². The highest BCUT2D eigenvalue weighted by Crippen LogP contribution is 2.18. The Morgan fingerprint density at radius 2 is 2.16 bits per heavy atom. The van der Waals surface area contributed by atoms with Crippen LogP contribution in [0.25, 0.3) is 0 Å². The molecule has 6 heteroatoms. The van der Waals surface area contributed by atoms with Crippen LogP contribution in [0.1, 0.15) is 15.9 Å². The van der Waals surface area contributed by atoms with E-state index in [9.17, 15) is 9.59 Å². The molecule has 1 aromatic heterocycles. The van der Waals surface area contributed by atoms with Gasteiger partial charge in [0.05, 0.1) is 20.0 Å². The van der Waals surface area contributed by atoms with Crippen molar-refractivity contribution < 1.29 is 14.6 Å². The number of carbonyl (C=O) groups is 1. The fourth-order valence-electron chi connectivity index (χ4n) is 1.71. The number of para-hydroxylation sites is 1. The molecule has 0 bridgehead atoms. The van der Waals surface area contributed by atoms with Gasteiger partial charge in [-0.25, -0.2) is 4.79 Å². The lowest BCUT2D eigenvalue weighted by Gasteiger charge is -2.10. The number of rotatable bonds is 4. The van der Waals surface area contributed by atoms with Crippen molar-refractivity contribution in [2.24, 2.45) is 0 Å². The maximum atomic E-state index is 11.3. The molecule has 1 N–H and O–H groups in total. The summed E-state index contributed by atoms with van der Waals surface area (Å²) in [6.07, 6.45) is 2.57. The lowest BCUT2D eigenvalue weighted by molar-refractivity contribution is 0.0694. The largest absolute Gasteiger partial charge is 0.496 e. The first kappa shape index (κ1) is 12.8. The van der Waals surface area contributed by atoms with Crippen molar-refractivity contribution in [2.45, 2.75) is 6.54 Å². The van der Waals surface area contributed by atoms with E-state index < -0.39 is 11.5 Å². The second kappa shape index (κ2) is 5.34. The fourth-order valence-corrected chi connectivity index (χ4v) is 1.71. The van der Waals surface area contributed by atoms with Crippen LogP contribution in [0.4, 0.5) is 0 Å². The molecule has 0 spiro atoms. The molecule has 0 saturated carbocycles. The molecule has 0 aliphatic carbocycles. The van der Waals surface area contributed by atoms with E-state index in [0.717, 1.165) is 5.56 Å². The summed E-state index contributed by atoms with van der Waals surface area (Å²) in [5.41, 5.74) is -0.229. The van der Waals surface area contributed by atoms with E-state index in [2.05, 4.69) is 4.98 Å². The third kappa shape index (κ3) is 2.79. The molecule has 0 atom stereocenters. The lowest BCUT2D eigenvalue weighted by atomic mass is 10.2. The van der Waals surface area contributed by atoms with Gasteiger partial charge in [-0.15, -0.1) is 0 Å². The Bertz CT molecular complexity index is 664. The molecule has 1 heterocycles. The Morgan fingerprint density at radius 3 is 2.84 bits per heavy atom. The van der Waals surface area contributed by atoms with Gasteiger partial charge in [-0.3, -0.25) is 4.79 Å². The first-order chi connectivity index (χ1) is 9.11. The van der Waals surface area contributed by atoms with E-state index in [1.165, 1.54) is 17.1 Å². The Morgan fingerprint density at radius 1 is 1.42 bits per heavy atom. The second-order valence-corrected chi connectivity index (χ2v) is 3.88. The van der Waals surface area contributed by atoms with Gasteiger partial charge in [0, 0.05) is 11.8 Å². The first-order valence-electron chi connectivity index (χ1n) is 5.53. The molecule has 1 aromatic carbocycles. The SMILES string of the molecule is COc1ccccc1Cn1cnc(=O)c(C(=O)O)c1. The van der Waals surface area contributed by atoms with Gasteiger partial charge in [-0.05, 0) is 6.07 Å². The molecule has 0 unspecified atom stereocenters. The predicted molar refractivity (Wildman–Crippen MR) is 67.6 cm³/mol. The third-order valence-electron chi connectivity index (χ3n) is 2.62. The normalized spacial score (nSPS) is 10.2. The summed E-state index contributed by atoms with van der Waals surface area (Å²) in [5.74, 6) is -0.593. The van der Waals surface area contributed by atoms with Crippen molar-refractivity contribution in [1.82, 2.24) is 9.55 Å². The number of ether oxygens (including phenoxy) is 1. The molecule has 6 nitrogen and oxygen atoms in total. The Labute approximate surface area is 108 Å². The molecular weight excluding hydrogens is 248 g/mol. The number of nitrogens with zero attached hydrogens (tertiary/aromatic N) is 2. The molecular formula is C13H12N2O4. The molecule has 2 aromatic rings. The Hall–Kier alpha value is -2.63. The van der Waals surface area contributed by atoms with E-state index in [1.807, 2.05) is 24.3 Å². The molecule has 0 radical (unpaired) electrons. The molecule has 0 amide bonds. The zero-order valence-electron chi connectivity index (χ0n) is 10.2. The summed E-state index contributed by atoms with van der Waals surface area (Å²) in [5, 5.41) is 8.88. The summed E-state index contributed by atoms with van der Waals surface area (Å²) >= 11 is 0. The van der Waals surface area contributed by atoms with Crippen molar-refractivity contribution in [3.05, 3.63) is 58.3 Å². The average molecular weight is 260 g/mol. The third-order valence-corrected chi connectivity index (χ3v) is 2.62. The second-order valence-electron chi connectivity index (χ2n) is 3.88. The number of methoxy groups -OCH3 is 1. The van der Waals surface area contributed by atoms with Crippen LogP contribution in [0.3, 0.4) is 0 Å². The van der Waals surface area contributed by atoms with E-state index in [0.29, 0.717) is 12.3 Å². The monoisotopic (exact) mass is 260 g/mol. The molecule has 0 saturated heterocycles. The average Bonchev–Trinajstić information content (AvgIpc) is 2.41. The zero-order valence-corrected chi connectivity index (χ0v) is 10.2. The Balaban J connectivity index is 2.36. The van der Waals surface area contributed by atoms with Crippen LogP contribution in [-0.2, 0) is 6.54 Å². The highest BCUT2D eigenvalue weighted by Gasteiger charge is 2.10. The minimum atomic E-state index is -1.29. The number of hydrogen-bond donors (Lipinski definition) is 1. The van der Waals surface area contributed by atoms with Crippen LogP contribution in [-0.4, -0.2) is 27.7 Å². The molecule has 0 fully saturated rings. The number of hydrogen-bond acceptors (Lipinski definition) is 4. The Kier molecular flexibility index (Phi) is 3.61. The minimum absolute atomic E-state index is 0.350. The van der Waals surface area contributed by atoms with E-state index in [1.54, 1.807) is 7.11 Å². The number of carboxylic acids is 1. The lowest BCUT2D eigenvalue weighted by Crippen LogP contribution is -2.20. The summed E-state index contributed by atoms with van der Waals surface area (Å²) in [6.45, 7) is 0.373. The fraction of sp³-hybridized carbons (Fsp3) is 0.154. The number of carboxylic acid groups (broad SMARTS) is 1. The standard InChI is InChI=1S/C13H12N2O4/c1-19-11-5-3-2-4-9(11)6-15-7-10(13(17)18)12(16)14-8-15/h2-5,7-8H,6H2,1H3,(H,17,18). The van der Waals surface area contributed by atoms with Crippen LogP contribution in [0.15, 0.2) is 41.6 Å². The number of aromatic nitrogens is 2. The van der Waals surface area contributed by atoms with Gasteiger partial charge in [0.25, 0.3) is 5.56 Å². The zero-order chi connectivity index (χ0) is 13.8. The van der Waals surface area contributed by atoms with E-state index in [-0.39, 0.29) is 5.56 Å². The van der Waals surface area contributed by atoms with Gasteiger partial charge in [0.2, 0.25) is 0 Å². The molecule has 0 aliphatic heterocycles. The van der Waals surface area contributed by atoms with Gasteiger partial charge in [0.1, 0.15) is 11.3 Å². The van der Waals surface area contributed by atoms with Crippen LogP contribution in [0.5, 0.6) is 5.75 Å². The smallest absolute Gasteiger partial charge is 0.342 e. The highest BCUT2D eigenvalue weighted by molar-refractivity contribution is 5.86. The van der Waals surface area contributed by atoms with Crippen LogP contribution >= 0.6 is 0 Å². The molecule has 19 heavy (non-hydrogen) atoms. The minimum Gasteiger partial charge on any atom is -0.496 e. The maximum absolute atomic E-state index is 11.3. The van der Waals surface area contributed by atoms with E-state index in [4.69, 9.17) is 9.84 Å². The van der Waals surface area contributed by atoms with Crippen molar-refractivity contribution >= 4 is 5.97 Å². The van der Waals surface area contributed by atoms with Gasteiger partial charge in [-0.1, -0.05) is 18.2 Å². The molecule has 0 aliphatic rings. The van der Waals surface area contributed by atoms with Gasteiger partial charge >= 0.3 is 5.97 Å². The number of benzene rings is 1. The molecule has 2 rings (SSSR count). The summed E-state index contributed by atoms with van der Waals surface area (Å²) in [6, 6.07) is 7.36. The van der Waals surface area contributed by atoms with Crippen molar-refractivity contribution in [2.75, 3.05) is 7.11 Å². The van der Waals surface area contributed by atoms with Crippen LogP contribution in [0.2, 0.25) is 0 Å². The maximum Gasteiger partial charge on any atom is 0.342 e. The van der Waals surface area contributed by atoms with Gasteiger partial charge in [-0.2, -0.15) is 4.98 Å². The van der Waals surface area contributed by atoms with Crippen LogP contribution in [0, 0.1) is 0 Å². The van der Waals surface area contributed by atoms with Crippen molar-refractivity contribution in [3.63, 3.8) is 0 Å². The van der Waals surface area contributed by atoms with Gasteiger partial charge in [0.15, 0.2) is 0 Å². The topological polar surface area (TPSA) is 81.4 Å². The first-order valence-corrected chi connectivity index (χ1v) is 5.53. The molecule has 98 valence electrons. The van der Waals surface area contributed by atoms with E-state index >= 15 is 0 Å². The quantitative estimate of drug-likeness (QED) is 0.886. The number of aromatic carboxylic acids is 1. The van der Waals surface area contributed by atoms with Crippen molar-refractivity contribution in [3.8, 4) is 5.75 Å². The summed E-state index contributed by atoms with van der Waals surface area (Å²) in [4.78, 5) is 25.7.